The molecule has 2 aromatic rings. The van der Waals surface area contributed by atoms with Crippen molar-refractivity contribution in [2.24, 2.45) is 0 Å². The summed E-state index contributed by atoms with van der Waals surface area (Å²) in [6.45, 7) is 6.07. The number of benzene rings is 1. The summed E-state index contributed by atoms with van der Waals surface area (Å²) in [4.78, 5) is 0. The van der Waals surface area contributed by atoms with E-state index in [4.69, 9.17) is 9.84 Å². The Morgan fingerprint density at radius 2 is 2.15 bits per heavy atom. The third kappa shape index (κ3) is 3.82. The monoisotopic (exact) mass is 276 g/mol. The lowest BCUT2D eigenvalue weighted by atomic mass is 10.1. The second-order valence-electron chi connectivity index (χ2n) is 4.87. The summed E-state index contributed by atoms with van der Waals surface area (Å²) in [5.74, 6) is 0. The number of rotatable bonds is 9. The van der Waals surface area contributed by atoms with Crippen LogP contribution in [0.2, 0.25) is 0 Å². The zero-order valence-electron chi connectivity index (χ0n) is 12.1. The molecule has 1 aromatic heterocycles. The van der Waals surface area contributed by atoms with Crippen molar-refractivity contribution in [3.63, 3.8) is 0 Å². The van der Waals surface area contributed by atoms with E-state index in [9.17, 15) is 0 Å². The molecule has 0 radical (unpaired) electrons. The predicted molar refractivity (Wildman–Crippen MR) is 81.8 cm³/mol. The van der Waals surface area contributed by atoms with Crippen molar-refractivity contribution in [2.45, 2.75) is 26.4 Å². The van der Waals surface area contributed by atoms with E-state index in [1.165, 1.54) is 16.5 Å². The van der Waals surface area contributed by atoms with E-state index in [1.54, 1.807) is 0 Å². The zero-order valence-corrected chi connectivity index (χ0v) is 12.1. The largest absolute Gasteiger partial charge is 0.394 e. The van der Waals surface area contributed by atoms with Crippen LogP contribution in [0.1, 0.15) is 18.9 Å². The Morgan fingerprint density at radius 1 is 1.25 bits per heavy atom. The first kappa shape index (κ1) is 15.0. The fraction of sp³-hybridized carbons (Fsp3) is 0.500. The van der Waals surface area contributed by atoms with Crippen LogP contribution in [0.5, 0.6) is 0 Å². The molecule has 110 valence electrons. The summed E-state index contributed by atoms with van der Waals surface area (Å²) in [5.41, 5.74) is 2.58. The van der Waals surface area contributed by atoms with Crippen molar-refractivity contribution < 1.29 is 9.84 Å². The van der Waals surface area contributed by atoms with Gasteiger partial charge >= 0.3 is 0 Å². The highest BCUT2D eigenvalue weighted by Gasteiger charge is 2.05. The molecular formula is C16H24N2O2. The maximum atomic E-state index is 8.70. The van der Waals surface area contributed by atoms with Crippen LogP contribution >= 0.6 is 0 Å². The fourth-order valence-electron chi connectivity index (χ4n) is 2.37. The van der Waals surface area contributed by atoms with Crippen molar-refractivity contribution >= 4 is 10.9 Å². The molecule has 0 spiro atoms. The zero-order chi connectivity index (χ0) is 14.2. The van der Waals surface area contributed by atoms with Gasteiger partial charge in [0, 0.05) is 30.2 Å². The van der Waals surface area contributed by atoms with Crippen molar-refractivity contribution in [3.8, 4) is 0 Å². The second-order valence-corrected chi connectivity index (χ2v) is 4.87. The van der Waals surface area contributed by atoms with Crippen LogP contribution in [-0.4, -0.2) is 36.0 Å². The Bertz CT molecular complexity index is 522. The minimum atomic E-state index is 0.0830. The predicted octanol–water partition coefficient (Wildman–Crippen LogP) is 2.15. The van der Waals surface area contributed by atoms with Crippen LogP contribution in [0, 0.1) is 0 Å². The SMILES string of the molecule is CCCNCc1cccc2c1ccn2CCOCCO. The molecule has 0 aliphatic rings. The van der Waals surface area contributed by atoms with E-state index in [0.29, 0.717) is 13.2 Å². The van der Waals surface area contributed by atoms with Gasteiger partial charge in [0.25, 0.3) is 0 Å². The van der Waals surface area contributed by atoms with Gasteiger partial charge in [0.1, 0.15) is 0 Å². The highest BCUT2D eigenvalue weighted by atomic mass is 16.5. The van der Waals surface area contributed by atoms with Crippen molar-refractivity contribution in [1.82, 2.24) is 9.88 Å². The topological polar surface area (TPSA) is 46.4 Å². The lowest BCUT2D eigenvalue weighted by molar-refractivity contribution is 0.0875. The number of aliphatic hydroxyl groups excluding tert-OH is 1. The average Bonchev–Trinajstić information content (AvgIpc) is 2.88. The molecule has 1 aromatic carbocycles. The summed E-state index contributed by atoms with van der Waals surface area (Å²) < 4.78 is 7.54. The van der Waals surface area contributed by atoms with Crippen LogP contribution in [0.25, 0.3) is 10.9 Å². The van der Waals surface area contributed by atoms with Crippen LogP contribution in [0.4, 0.5) is 0 Å². The first-order valence-corrected chi connectivity index (χ1v) is 7.33. The van der Waals surface area contributed by atoms with Gasteiger partial charge in [-0.25, -0.2) is 0 Å². The Balaban J connectivity index is 2.04. The van der Waals surface area contributed by atoms with Gasteiger partial charge in [0.15, 0.2) is 0 Å². The summed E-state index contributed by atoms with van der Waals surface area (Å²) >= 11 is 0. The molecule has 2 rings (SSSR count). The lowest BCUT2D eigenvalue weighted by Gasteiger charge is -2.08. The summed E-state index contributed by atoms with van der Waals surface area (Å²) in [6.07, 6.45) is 3.26. The minimum absolute atomic E-state index is 0.0830. The van der Waals surface area contributed by atoms with E-state index in [-0.39, 0.29) is 6.61 Å². The molecule has 0 amide bonds. The van der Waals surface area contributed by atoms with E-state index in [0.717, 1.165) is 26.1 Å². The summed E-state index contributed by atoms with van der Waals surface area (Å²) in [7, 11) is 0. The molecule has 0 fully saturated rings. The van der Waals surface area contributed by atoms with Crippen LogP contribution < -0.4 is 5.32 Å². The van der Waals surface area contributed by atoms with Crippen molar-refractivity contribution in [2.75, 3.05) is 26.4 Å². The van der Waals surface area contributed by atoms with E-state index in [1.807, 2.05) is 0 Å². The van der Waals surface area contributed by atoms with Crippen molar-refractivity contribution in [1.29, 1.82) is 0 Å². The second kappa shape index (κ2) is 8.04. The van der Waals surface area contributed by atoms with Gasteiger partial charge < -0.3 is 19.7 Å². The Morgan fingerprint density at radius 3 is 2.95 bits per heavy atom. The molecule has 2 N–H and O–H groups in total. The quantitative estimate of drug-likeness (QED) is 0.690. The number of aromatic nitrogens is 1. The molecular weight excluding hydrogens is 252 g/mol. The Hall–Kier alpha value is -1.36. The van der Waals surface area contributed by atoms with Crippen LogP contribution in [0.15, 0.2) is 30.5 Å². The van der Waals surface area contributed by atoms with Gasteiger partial charge in [0.05, 0.1) is 19.8 Å². The van der Waals surface area contributed by atoms with Gasteiger partial charge in [-0.2, -0.15) is 0 Å². The number of nitrogens with zero attached hydrogens (tertiary/aromatic N) is 1. The standard InChI is InChI=1S/C16H24N2O2/c1-2-7-17-13-14-4-3-5-16-15(14)6-8-18(16)9-11-20-12-10-19/h3-6,8,17,19H,2,7,9-13H2,1H3. The van der Waals surface area contributed by atoms with E-state index >= 15 is 0 Å². The first-order chi connectivity index (χ1) is 9.86. The number of ether oxygens (including phenoxy) is 1. The molecule has 0 saturated carbocycles. The van der Waals surface area contributed by atoms with Crippen LogP contribution in [0.3, 0.4) is 0 Å². The van der Waals surface area contributed by atoms with Gasteiger partial charge in [0.2, 0.25) is 0 Å². The van der Waals surface area contributed by atoms with Gasteiger partial charge in [-0.3, -0.25) is 0 Å². The third-order valence-electron chi connectivity index (χ3n) is 3.36. The molecule has 4 heteroatoms. The average molecular weight is 276 g/mol. The maximum absolute atomic E-state index is 8.70. The molecule has 0 saturated heterocycles. The minimum Gasteiger partial charge on any atom is -0.394 e. The molecule has 0 unspecified atom stereocenters. The number of hydrogen-bond donors (Lipinski definition) is 2. The van der Waals surface area contributed by atoms with Gasteiger partial charge in [-0.05, 0) is 30.7 Å². The Labute approximate surface area is 120 Å². The molecule has 4 nitrogen and oxygen atoms in total. The van der Waals surface area contributed by atoms with Crippen LogP contribution in [-0.2, 0) is 17.8 Å². The molecule has 0 atom stereocenters. The number of nitrogens with one attached hydrogen (secondary N) is 1. The number of aliphatic hydroxyl groups is 1. The van der Waals surface area contributed by atoms with E-state index < -0.39 is 0 Å². The van der Waals surface area contributed by atoms with Gasteiger partial charge in [-0.15, -0.1) is 0 Å². The lowest BCUT2D eigenvalue weighted by Crippen LogP contribution is -2.13. The summed E-state index contributed by atoms with van der Waals surface area (Å²) in [6, 6.07) is 8.60. The smallest absolute Gasteiger partial charge is 0.0698 e. The maximum Gasteiger partial charge on any atom is 0.0698 e. The highest BCUT2D eigenvalue weighted by molar-refractivity contribution is 5.83. The first-order valence-electron chi connectivity index (χ1n) is 7.33. The molecule has 0 aliphatic heterocycles. The number of fused-ring (bicyclic) bond motifs is 1. The Kier molecular flexibility index (Phi) is 6.05. The molecule has 0 aliphatic carbocycles. The highest BCUT2D eigenvalue weighted by Crippen LogP contribution is 2.20. The van der Waals surface area contributed by atoms with E-state index in [2.05, 4.69) is 47.3 Å². The third-order valence-corrected chi connectivity index (χ3v) is 3.36. The van der Waals surface area contributed by atoms with Crippen molar-refractivity contribution in [3.05, 3.63) is 36.0 Å². The normalized spacial score (nSPS) is 11.3. The number of hydrogen-bond acceptors (Lipinski definition) is 3. The molecule has 0 bridgehead atoms. The molecule has 1 heterocycles. The summed E-state index contributed by atoms with van der Waals surface area (Å²) in [5, 5.41) is 13.5. The van der Waals surface area contributed by atoms with Gasteiger partial charge in [-0.1, -0.05) is 19.1 Å². The fourth-order valence-corrected chi connectivity index (χ4v) is 2.37. The molecule has 20 heavy (non-hydrogen) atoms.